The summed E-state index contributed by atoms with van der Waals surface area (Å²) < 4.78 is 7.05. The number of H-pyrrole nitrogens is 1. The number of carbonyl (C=O) groups excluding carboxylic acids is 3. The lowest BCUT2D eigenvalue weighted by atomic mass is 9.98. The number of nitrogens with zero attached hydrogens (tertiary/aromatic N) is 2. The van der Waals surface area contributed by atoms with Crippen molar-refractivity contribution in [3.8, 4) is 5.69 Å². The molecule has 1 unspecified atom stereocenters. The van der Waals surface area contributed by atoms with E-state index in [2.05, 4.69) is 15.6 Å². The number of piperidine rings is 1. The molecule has 0 spiro atoms. The number of carbonyl (C=O) groups is 3. The standard InChI is InChI=1S/C32H35N5O5/c1-20-18-33-26-17-22(10-13-24(20)26)30(40)34-25-14-16-36(31(41)42-32(2,3)4)19-27(25)35-29(39)21-8-11-23(12-9-21)37-15-6-5-7-28(37)38/h5-13,15,17-18,25,27,33H,14,16,19H2,1-4H3,(H,34,40)(H,35,39)/t25-,27?/m1/s1. The molecule has 1 saturated heterocycles. The van der Waals surface area contributed by atoms with Crippen LogP contribution < -0.4 is 16.2 Å². The minimum atomic E-state index is -0.668. The van der Waals surface area contributed by atoms with Gasteiger partial charge in [0, 0.05) is 59.3 Å². The number of benzene rings is 2. The summed E-state index contributed by atoms with van der Waals surface area (Å²) in [5, 5.41) is 7.14. The topological polar surface area (TPSA) is 126 Å². The third-order valence-corrected chi connectivity index (χ3v) is 7.28. The fraction of sp³-hybridized carbons (Fsp3) is 0.312. The molecule has 0 aliphatic carbocycles. The zero-order valence-electron chi connectivity index (χ0n) is 24.1. The molecule has 0 radical (unpaired) electrons. The van der Waals surface area contributed by atoms with Gasteiger partial charge in [-0.1, -0.05) is 12.1 Å². The molecule has 1 aliphatic rings. The number of ether oxygens (including phenoxy) is 1. The number of amides is 3. The van der Waals surface area contributed by atoms with Crippen molar-refractivity contribution in [1.29, 1.82) is 0 Å². The van der Waals surface area contributed by atoms with Crippen molar-refractivity contribution < 1.29 is 19.1 Å². The van der Waals surface area contributed by atoms with E-state index in [1.54, 1.807) is 80.4 Å². The fourth-order valence-electron chi connectivity index (χ4n) is 5.09. The molecule has 2 atom stereocenters. The molecule has 2 aromatic carbocycles. The molecule has 0 saturated carbocycles. The molecule has 218 valence electrons. The van der Waals surface area contributed by atoms with Gasteiger partial charge in [0.05, 0.1) is 12.1 Å². The Balaban J connectivity index is 1.34. The SMILES string of the molecule is Cc1c[nH]c2cc(C(=O)N[C@@H]3CCN(C(=O)OC(C)(C)C)CC3NC(=O)c3ccc(-n4ccccc4=O)cc3)ccc12. The number of aromatic nitrogens is 2. The zero-order valence-corrected chi connectivity index (χ0v) is 24.1. The van der Waals surface area contributed by atoms with Crippen LogP contribution in [0.3, 0.4) is 0 Å². The van der Waals surface area contributed by atoms with Gasteiger partial charge in [-0.3, -0.25) is 19.0 Å². The van der Waals surface area contributed by atoms with Gasteiger partial charge in [0.2, 0.25) is 0 Å². The third-order valence-electron chi connectivity index (χ3n) is 7.28. The van der Waals surface area contributed by atoms with Crippen molar-refractivity contribution in [3.05, 3.63) is 100 Å². The van der Waals surface area contributed by atoms with Crippen LogP contribution in [0.15, 0.2) is 77.9 Å². The van der Waals surface area contributed by atoms with Crippen LogP contribution in [0.4, 0.5) is 4.79 Å². The van der Waals surface area contributed by atoms with Crippen LogP contribution in [-0.2, 0) is 4.74 Å². The van der Waals surface area contributed by atoms with E-state index in [9.17, 15) is 19.2 Å². The number of pyridine rings is 1. The van der Waals surface area contributed by atoms with Crippen LogP contribution in [0.5, 0.6) is 0 Å². The molecule has 3 amide bonds. The Morgan fingerprint density at radius 1 is 0.929 bits per heavy atom. The van der Waals surface area contributed by atoms with Crippen molar-refractivity contribution in [2.24, 2.45) is 0 Å². The highest BCUT2D eigenvalue weighted by Gasteiger charge is 2.35. The van der Waals surface area contributed by atoms with Crippen molar-refractivity contribution >= 4 is 28.8 Å². The smallest absolute Gasteiger partial charge is 0.410 e. The van der Waals surface area contributed by atoms with Gasteiger partial charge < -0.3 is 25.3 Å². The van der Waals surface area contributed by atoms with E-state index >= 15 is 0 Å². The predicted octanol–water partition coefficient (Wildman–Crippen LogP) is 4.17. The molecule has 3 heterocycles. The summed E-state index contributed by atoms with van der Waals surface area (Å²) >= 11 is 0. The number of rotatable bonds is 5. The van der Waals surface area contributed by atoms with Crippen molar-refractivity contribution in [2.45, 2.75) is 51.8 Å². The predicted molar refractivity (Wildman–Crippen MR) is 160 cm³/mol. The first kappa shape index (κ1) is 28.7. The molecule has 10 nitrogen and oxygen atoms in total. The minimum absolute atomic E-state index is 0.165. The van der Waals surface area contributed by atoms with E-state index < -0.39 is 23.8 Å². The van der Waals surface area contributed by atoms with Gasteiger partial charge in [-0.25, -0.2) is 4.79 Å². The van der Waals surface area contributed by atoms with Gasteiger partial charge in [-0.05, 0) is 82.1 Å². The largest absolute Gasteiger partial charge is 0.444 e. The Morgan fingerprint density at radius 2 is 1.62 bits per heavy atom. The molecule has 10 heteroatoms. The second kappa shape index (κ2) is 11.6. The monoisotopic (exact) mass is 569 g/mol. The van der Waals surface area contributed by atoms with E-state index in [1.807, 2.05) is 19.2 Å². The Kier molecular flexibility index (Phi) is 7.89. The van der Waals surface area contributed by atoms with Gasteiger partial charge in [-0.15, -0.1) is 0 Å². The van der Waals surface area contributed by atoms with Crippen LogP contribution in [0.2, 0.25) is 0 Å². The first-order valence-electron chi connectivity index (χ1n) is 13.9. The maximum Gasteiger partial charge on any atom is 0.410 e. The van der Waals surface area contributed by atoms with Gasteiger partial charge >= 0.3 is 6.09 Å². The maximum absolute atomic E-state index is 13.4. The van der Waals surface area contributed by atoms with Crippen molar-refractivity contribution in [3.63, 3.8) is 0 Å². The normalized spacial score (nSPS) is 17.1. The summed E-state index contributed by atoms with van der Waals surface area (Å²) in [6.07, 6.45) is 3.51. The Labute approximate surface area is 243 Å². The zero-order chi connectivity index (χ0) is 30.0. The van der Waals surface area contributed by atoms with E-state index in [1.165, 1.54) is 10.6 Å². The summed E-state index contributed by atoms with van der Waals surface area (Å²) in [5.41, 5.74) is 2.63. The summed E-state index contributed by atoms with van der Waals surface area (Å²) in [7, 11) is 0. The lowest BCUT2D eigenvalue weighted by Gasteiger charge is -2.39. The fourth-order valence-corrected chi connectivity index (χ4v) is 5.09. The van der Waals surface area contributed by atoms with E-state index in [-0.39, 0.29) is 23.9 Å². The van der Waals surface area contributed by atoms with Gasteiger partial charge in [-0.2, -0.15) is 0 Å². The van der Waals surface area contributed by atoms with E-state index in [0.717, 1.165) is 16.5 Å². The van der Waals surface area contributed by atoms with E-state index in [4.69, 9.17) is 4.74 Å². The number of nitrogens with one attached hydrogen (secondary N) is 3. The summed E-state index contributed by atoms with van der Waals surface area (Å²) in [6.45, 7) is 7.92. The maximum atomic E-state index is 13.4. The average Bonchev–Trinajstić information content (AvgIpc) is 3.33. The van der Waals surface area contributed by atoms with Gasteiger partial charge in [0.25, 0.3) is 17.4 Å². The number of fused-ring (bicyclic) bond motifs is 1. The van der Waals surface area contributed by atoms with Gasteiger partial charge in [0.1, 0.15) is 5.60 Å². The molecular formula is C32H35N5O5. The Morgan fingerprint density at radius 3 is 2.33 bits per heavy atom. The van der Waals surface area contributed by atoms with Crippen LogP contribution in [0.25, 0.3) is 16.6 Å². The number of aryl methyl sites for hydroxylation is 1. The highest BCUT2D eigenvalue weighted by Crippen LogP contribution is 2.21. The summed E-state index contributed by atoms with van der Waals surface area (Å²) in [4.78, 5) is 56.4. The number of likely N-dealkylation sites (tertiary alicyclic amines) is 1. The molecule has 1 aliphatic heterocycles. The number of hydrogen-bond donors (Lipinski definition) is 3. The highest BCUT2D eigenvalue weighted by molar-refractivity contribution is 5.99. The molecule has 42 heavy (non-hydrogen) atoms. The van der Waals surface area contributed by atoms with Gasteiger partial charge in [0.15, 0.2) is 0 Å². The van der Waals surface area contributed by atoms with Crippen molar-refractivity contribution in [1.82, 2.24) is 25.1 Å². The average molecular weight is 570 g/mol. The lowest BCUT2D eigenvalue weighted by Crippen LogP contribution is -2.61. The van der Waals surface area contributed by atoms with Crippen LogP contribution in [-0.4, -0.2) is 63.1 Å². The number of aromatic amines is 1. The number of hydrogen-bond acceptors (Lipinski definition) is 5. The highest BCUT2D eigenvalue weighted by atomic mass is 16.6. The minimum Gasteiger partial charge on any atom is -0.444 e. The first-order valence-corrected chi connectivity index (χ1v) is 13.9. The quantitative estimate of drug-likeness (QED) is 0.333. The molecule has 5 rings (SSSR count). The summed E-state index contributed by atoms with van der Waals surface area (Å²) in [5.74, 6) is -0.627. The van der Waals surface area contributed by atoms with Crippen molar-refractivity contribution in [2.75, 3.05) is 13.1 Å². The van der Waals surface area contributed by atoms with Crippen LogP contribution >= 0.6 is 0 Å². The third kappa shape index (κ3) is 6.38. The Bertz CT molecular complexity index is 1680. The molecular weight excluding hydrogens is 534 g/mol. The van der Waals surface area contributed by atoms with Crippen LogP contribution in [0, 0.1) is 6.92 Å². The second-order valence-electron chi connectivity index (χ2n) is 11.6. The molecule has 0 bridgehead atoms. The lowest BCUT2D eigenvalue weighted by molar-refractivity contribution is 0.0161. The van der Waals surface area contributed by atoms with Crippen LogP contribution in [0.1, 0.15) is 53.5 Å². The molecule has 4 aromatic rings. The summed E-state index contributed by atoms with van der Waals surface area (Å²) in [6, 6.07) is 16.1. The molecule has 1 fully saturated rings. The molecule has 3 N–H and O–H groups in total. The Hall–Kier alpha value is -4.86. The second-order valence-corrected chi connectivity index (χ2v) is 11.6. The molecule has 2 aromatic heterocycles. The first-order chi connectivity index (χ1) is 20.0. The van der Waals surface area contributed by atoms with E-state index in [0.29, 0.717) is 29.8 Å².